The maximum Gasteiger partial charge on any atom is 0.229 e. The molecule has 3 aliphatic rings. The topological polar surface area (TPSA) is 77.0 Å². The van der Waals surface area contributed by atoms with Gasteiger partial charge in [-0.25, -0.2) is 0 Å². The molecule has 2 atom stereocenters. The van der Waals surface area contributed by atoms with Gasteiger partial charge in [-0.3, -0.25) is 19.5 Å². The molecule has 3 aliphatic heterocycles. The van der Waals surface area contributed by atoms with Gasteiger partial charge >= 0.3 is 0 Å². The van der Waals surface area contributed by atoms with Crippen molar-refractivity contribution in [2.24, 2.45) is 4.99 Å². The van der Waals surface area contributed by atoms with Crippen LogP contribution >= 0.6 is 0 Å². The number of hydrogen-bond acceptors (Lipinski definition) is 4. The number of likely N-dealkylation sites (tertiary alicyclic amines) is 1. The summed E-state index contributed by atoms with van der Waals surface area (Å²) < 4.78 is 0. The van der Waals surface area contributed by atoms with Crippen molar-refractivity contribution in [2.45, 2.75) is 69.5 Å². The van der Waals surface area contributed by atoms with Gasteiger partial charge in [0.15, 0.2) is 5.96 Å². The molecule has 7 nitrogen and oxygen atoms in total. The maximum absolute atomic E-state index is 11.8. The monoisotopic (exact) mass is 349 g/mol. The fourth-order valence-corrected chi connectivity index (χ4v) is 4.46. The van der Waals surface area contributed by atoms with Gasteiger partial charge in [0, 0.05) is 51.1 Å². The summed E-state index contributed by atoms with van der Waals surface area (Å²) in [6.45, 7) is 0.952. The number of hydrogen-bond donors (Lipinski definition) is 2. The van der Waals surface area contributed by atoms with Crippen LogP contribution in [0.25, 0.3) is 0 Å². The molecule has 0 radical (unpaired) electrons. The van der Waals surface area contributed by atoms with E-state index in [1.165, 1.54) is 24.2 Å². The zero-order valence-electron chi connectivity index (χ0n) is 15.5. The zero-order valence-corrected chi connectivity index (χ0v) is 15.5. The van der Waals surface area contributed by atoms with Crippen LogP contribution in [0.4, 0.5) is 0 Å². The van der Waals surface area contributed by atoms with Gasteiger partial charge < -0.3 is 15.5 Å². The van der Waals surface area contributed by atoms with Crippen molar-refractivity contribution in [3.63, 3.8) is 0 Å². The highest BCUT2D eigenvalue weighted by Crippen LogP contribution is 2.32. The van der Waals surface area contributed by atoms with E-state index >= 15 is 0 Å². The van der Waals surface area contributed by atoms with Crippen molar-refractivity contribution < 1.29 is 9.59 Å². The average Bonchev–Trinajstić information content (AvgIpc) is 2.57. The van der Waals surface area contributed by atoms with Gasteiger partial charge in [0.05, 0.1) is 0 Å². The molecule has 0 aromatic rings. The Bertz CT molecular complexity index is 506. The Kier molecular flexibility index (Phi) is 5.93. The lowest BCUT2D eigenvalue weighted by Gasteiger charge is -2.47. The molecule has 3 saturated heterocycles. The number of guanidine groups is 1. The van der Waals surface area contributed by atoms with Crippen LogP contribution in [0, 0.1) is 0 Å². The first-order chi connectivity index (χ1) is 12.1. The Labute approximate surface area is 150 Å². The Morgan fingerprint density at radius 1 is 1.12 bits per heavy atom. The molecule has 2 amide bonds. The molecule has 0 spiro atoms. The minimum absolute atomic E-state index is 0.0517. The summed E-state index contributed by atoms with van der Waals surface area (Å²) in [5.74, 6) is 0.665. The van der Waals surface area contributed by atoms with Crippen LogP contribution in [-0.2, 0) is 9.59 Å². The Morgan fingerprint density at radius 3 is 2.36 bits per heavy atom. The number of piperidine rings is 3. The molecule has 7 heteroatoms. The molecule has 3 heterocycles. The van der Waals surface area contributed by atoms with Gasteiger partial charge in [-0.05, 0) is 39.2 Å². The number of aliphatic imine (C=N–C) groups is 1. The molecule has 0 saturated carbocycles. The third-order valence-electron chi connectivity index (χ3n) is 5.92. The normalized spacial score (nSPS) is 31.2. The van der Waals surface area contributed by atoms with Crippen molar-refractivity contribution in [2.75, 3.05) is 27.2 Å². The fraction of sp³-hybridized carbons (Fsp3) is 0.833. The molecule has 2 unspecified atom stereocenters. The summed E-state index contributed by atoms with van der Waals surface area (Å²) >= 11 is 0. The van der Waals surface area contributed by atoms with Crippen LogP contribution in [-0.4, -0.2) is 72.9 Å². The van der Waals surface area contributed by atoms with Crippen LogP contribution in [0.5, 0.6) is 0 Å². The standard InChI is InChI=1S/C18H31N5O2/c1-19-18(20-9-10-23-16(24)7-4-8-17(23)25)21-13-11-14-5-3-6-15(12-13)22(14)2/h13-15H,3-12H2,1-2H3,(H2,19,20,21). The van der Waals surface area contributed by atoms with E-state index in [4.69, 9.17) is 0 Å². The number of nitrogens with zero attached hydrogens (tertiary/aromatic N) is 3. The Balaban J connectivity index is 1.45. The van der Waals surface area contributed by atoms with E-state index in [1.807, 2.05) is 0 Å². The number of nitrogens with one attached hydrogen (secondary N) is 2. The SMILES string of the molecule is CN=C(NCCN1C(=O)CCCC1=O)NC1CC2CCCC(C1)N2C. The Morgan fingerprint density at radius 2 is 1.76 bits per heavy atom. The van der Waals surface area contributed by atoms with E-state index in [0.29, 0.717) is 50.5 Å². The van der Waals surface area contributed by atoms with Gasteiger partial charge in [0.1, 0.15) is 0 Å². The van der Waals surface area contributed by atoms with Crippen LogP contribution in [0.1, 0.15) is 51.4 Å². The van der Waals surface area contributed by atoms with Gasteiger partial charge in [0.25, 0.3) is 0 Å². The second-order valence-electron chi connectivity index (χ2n) is 7.51. The maximum atomic E-state index is 11.8. The number of imide groups is 1. The van der Waals surface area contributed by atoms with Crippen LogP contribution in [0.2, 0.25) is 0 Å². The van der Waals surface area contributed by atoms with E-state index in [9.17, 15) is 9.59 Å². The number of rotatable bonds is 4. The summed E-state index contributed by atoms with van der Waals surface area (Å²) in [6.07, 6.45) is 7.87. The van der Waals surface area contributed by atoms with E-state index in [-0.39, 0.29) is 11.8 Å². The first-order valence-corrected chi connectivity index (χ1v) is 9.60. The highest BCUT2D eigenvalue weighted by Gasteiger charge is 2.36. The summed E-state index contributed by atoms with van der Waals surface area (Å²) in [5, 5.41) is 6.80. The first-order valence-electron chi connectivity index (χ1n) is 9.60. The second kappa shape index (κ2) is 8.17. The van der Waals surface area contributed by atoms with E-state index in [2.05, 4.69) is 27.6 Å². The average molecular weight is 349 g/mol. The number of amides is 2. The van der Waals surface area contributed by atoms with E-state index in [1.54, 1.807) is 7.05 Å². The molecule has 0 aromatic heterocycles. The molecular formula is C18H31N5O2. The minimum Gasteiger partial charge on any atom is -0.355 e. The molecule has 25 heavy (non-hydrogen) atoms. The van der Waals surface area contributed by atoms with Crippen LogP contribution in [0.15, 0.2) is 4.99 Å². The first kappa shape index (κ1) is 18.2. The van der Waals surface area contributed by atoms with Gasteiger partial charge in [0.2, 0.25) is 11.8 Å². The smallest absolute Gasteiger partial charge is 0.229 e. The van der Waals surface area contributed by atoms with E-state index < -0.39 is 0 Å². The van der Waals surface area contributed by atoms with E-state index in [0.717, 1.165) is 18.8 Å². The van der Waals surface area contributed by atoms with Gasteiger partial charge in [-0.15, -0.1) is 0 Å². The summed E-state index contributed by atoms with van der Waals surface area (Å²) in [5.41, 5.74) is 0. The van der Waals surface area contributed by atoms with Crippen molar-refractivity contribution in [1.82, 2.24) is 20.4 Å². The van der Waals surface area contributed by atoms with Crippen molar-refractivity contribution in [1.29, 1.82) is 0 Å². The number of carbonyl (C=O) groups excluding carboxylic acids is 2. The summed E-state index contributed by atoms with van der Waals surface area (Å²) in [6, 6.07) is 1.79. The molecule has 140 valence electrons. The highest BCUT2D eigenvalue weighted by atomic mass is 16.2. The lowest BCUT2D eigenvalue weighted by molar-refractivity contribution is -0.147. The van der Waals surface area contributed by atoms with Crippen molar-refractivity contribution in [3.8, 4) is 0 Å². The summed E-state index contributed by atoms with van der Waals surface area (Å²) in [7, 11) is 4.02. The van der Waals surface area contributed by atoms with Crippen molar-refractivity contribution in [3.05, 3.63) is 0 Å². The predicted octanol–water partition coefficient (Wildman–Crippen LogP) is 0.706. The fourth-order valence-electron chi connectivity index (χ4n) is 4.46. The lowest BCUT2D eigenvalue weighted by atomic mass is 9.82. The molecule has 3 fully saturated rings. The molecule has 3 rings (SSSR count). The number of carbonyl (C=O) groups is 2. The second-order valence-corrected chi connectivity index (χ2v) is 7.51. The molecule has 0 aliphatic carbocycles. The van der Waals surface area contributed by atoms with Gasteiger partial charge in [-0.2, -0.15) is 0 Å². The quantitative estimate of drug-likeness (QED) is 0.444. The zero-order chi connectivity index (χ0) is 17.8. The number of fused-ring (bicyclic) bond motifs is 2. The molecule has 2 N–H and O–H groups in total. The predicted molar refractivity (Wildman–Crippen MR) is 97.3 cm³/mol. The molecule has 2 bridgehead atoms. The van der Waals surface area contributed by atoms with Crippen LogP contribution in [0.3, 0.4) is 0 Å². The van der Waals surface area contributed by atoms with Crippen LogP contribution < -0.4 is 10.6 Å². The molecule has 0 aromatic carbocycles. The largest absolute Gasteiger partial charge is 0.355 e. The Hall–Kier alpha value is -1.63. The molecular weight excluding hydrogens is 318 g/mol. The minimum atomic E-state index is -0.0517. The lowest BCUT2D eigenvalue weighted by Crippen LogP contribution is -2.57. The van der Waals surface area contributed by atoms with Gasteiger partial charge in [-0.1, -0.05) is 6.42 Å². The van der Waals surface area contributed by atoms with Crippen molar-refractivity contribution >= 4 is 17.8 Å². The third-order valence-corrected chi connectivity index (χ3v) is 5.92. The highest BCUT2D eigenvalue weighted by molar-refractivity contribution is 5.97. The third kappa shape index (κ3) is 4.32. The summed E-state index contributed by atoms with van der Waals surface area (Å²) in [4.78, 5) is 31.9.